The van der Waals surface area contributed by atoms with Crippen LogP contribution in [0.3, 0.4) is 0 Å². The number of amides is 2. The van der Waals surface area contributed by atoms with Crippen LogP contribution in [0.1, 0.15) is 149 Å². The predicted molar refractivity (Wildman–Crippen MR) is 360 cm³/mol. The maximum atomic E-state index is 13.8. The van der Waals surface area contributed by atoms with Gasteiger partial charge in [0.25, 0.3) is 11.8 Å². The van der Waals surface area contributed by atoms with Crippen molar-refractivity contribution in [3.8, 4) is 11.5 Å². The van der Waals surface area contributed by atoms with Gasteiger partial charge in [-0.25, -0.2) is 17.3 Å². The first kappa shape index (κ1) is 67.3. The summed E-state index contributed by atoms with van der Waals surface area (Å²) in [5, 5.41) is 44.4. The molecule has 6 N–H and O–H groups in total. The Morgan fingerprint density at radius 1 is 0.620 bits per heavy atom. The molecular formula is C71H88Cl2N4O13S2. The zero-order chi connectivity index (χ0) is 66.0. The van der Waals surface area contributed by atoms with E-state index in [1.165, 1.54) is 29.2 Å². The SMILES string of the molecule is C=S1(=O)NC(=O)c2ccc3c(c2)N(C[C@@H]2CC[C@H]2[C@@](O)([C@H](C)C(=O)O)/C=C/C[C@H](C)[C@H]1C)C[C@@]1(CCCc2cc(Cl)ccc21)CO3.C[C@@H]1[C@@H](C)C/C=C/[C@](O)([C@@H](C)C(=O)O)[C@@H]2CC[C@H]2CN2C[C@@]3(CCCc4cc(Cl)ccc43)COc3ccc(cc32)C(=O)NS1(=O)=O. The fraction of sp³-hybridized carbons (Fsp3) is 0.535. The zero-order valence-corrected chi connectivity index (χ0v) is 56.5. The normalized spacial score (nSPS) is 34.7. The molecule has 0 saturated heterocycles. The molecule has 92 heavy (non-hydrogen) atoms. The summed E-state index contributed by atoms with van der Waals surface area (Å²) in [4.78, 5) is 56.1. The van der Waals surface area contributed by atoms with Crippen LogP contribution < -0.4 is 28.7 Å². The van der Waals surface area contributed by atoms with Gasteiger partial charge in [-0.05, 0) is 229 Å². The lowest BCUT2D eigenvalue weighted by Gasteiger charge is -2.50. The number of rotatable bonds is 4. The molecule has 4 aliphatic heterocycles. The highest BCUT2D eigenvalue weighted by Crippen LogP contribution is 2.53. The Morgan fingerprint density at radius 3 is 1.46 bits per heavy atom. The molecular weight excluding hydrogens is 1250 g/mol. The predicted octanol–water partition coefficient (Wildman–Crippen LogP) is 11.0. The van der Waals surface area contributed by atoms with Crippen molar-refractivity contribution in [1.82, 2.24) is 9.44 Å². The van der Waals surface area contributed by atoms with Crippen molar-refractivity contribution in [2.45, 2.75) is 151 Å². The summed E-state index contributed by atoms with van der Waals surface area (Å²) < 4.78 is 58.5. The van der Waals surface area contributed by atoms with E-state index >= 15 is 0 Å². The largest absolute Gasteiger partial charge is 0.490 e. The highest BCUT2D eigenvalue weighted by molar-refractivity contribution is 7.99. The van der Waals surface area contributed by atoms with Crippen molar-refractivity contribution in [2.75, 3.05) is 49.2 Å². The maximum Gasteiger partial charge on any atom is 0.309 e. The summed E-state index contributed by atoms with van der Waals surface area (Å²) in [5.41, 5.74) is 2.90. The molecule has 17 nitrogen and oxygen atoms in total. The Morgan fingerprint density at radius 2 is 1.04 bits per heavy atom. The van der Waals surface area contributed by atoms with E-state index in [1.54, 1.807) is 70.2 Å². The number of halogens is 2. The van der Waals surface area contributed by atoms with Crippen molar-refractivity contribution < 1.29 is 61.7 Å². The lowest BCUT2D eigenvalue weighted by atomic mass is 9.60. The highest BCUT2D eigenvalue weighted by Gasteiger charge is 2.54. The second kappa shape index (κ2) is 25.9. The van der Waals surface area contributed by atoms with E-state index in [0.29, 0.717) is 91.5 Å². The average Bonchev–Trinajstić information content (AvgIpc) is 1.40. The number of sulfonamides is 1. The summed E-state index contributed by atoms with van der Waals surface area (Å²) >= 11 is 12.8. The molecule has 12 rings (SSSR count). The minimum Gasteiger partial charge on any atom is -0.490 e. The van der Waals surface area contributed by atoms with Gasteiger partial charge in [0, 0.05) is 63.4 Å². The van der Waals surface area contributed by atoms with Crippen LogP contribution in [0.5, 0.6) is 11.5 Å². The third kappa shape index (κ3) is 12.8. The number of benzene rings is 4. The van der Waals surface area contributed by atoms with Crippen molar-refractivity contribution in [3.05, 3.63) is 141 Å². The standard InChI is InChI=1S/C36H45ClN2O6S.C35H43ClN2O7S/c1-22-7-5-16-36(43,23(2)34(41)42)30-12-9-27(30)19-39-20-35(15-6-8-25-17-28(37)11-13-29(25)35)21-45-32-14-10-26(18-31(32)39)33(40)38-46(4,44)24(22)3;1-21-6-4-15-35(42,22(2)33(40)41)29-11-8-26(29)18-38-19-34(14-5-7-24-16-27(36)10-12-28(24)34)20-45-31-13-9-25(17-30(31)38)32(39)37-46(43,44)23(21)3/h5,10-11,13-14,16-18,22-24,27,30,43H,4,6-9,12,15,19-21H2,1-3H3,(H,41,42)(H,38,40,44);4,9-10,12-13,15-17,21-23,26,29,42H,5-8,11,14,18-20H2,1-3H3,(H,37,39)(H,40,41)/b16-5+;15-4+/t22-,23+,24+,27-,30+,35-,36-,46?;21-,22-,23+,26-,29+,34-,35-/m00/s1. The number of hydrogen-bond acceptors (Lipinski definition) is 13. The van der Waals surface area contributed by atoms with Crippen LogP contribution in [-0.4, -0.2) is 124 Å². The average molecular weight is 1340 g/mol. The molecule has 4 bridgehead atoms. The van der Waals surface area contributed by atoms with Gasteiger partial charge in [0.1, 0.15) is 11.5 Å². The monoisotopic (exact) mass is 1340 g/mol. The molecule has 8 aliphatic rings. The first-order valence-corrected chi connectivity index (χ1v) is 36.7. The smallest absolute Gasteiger partial charge is 0.309 e. The fourth-order valence-corrected chi connectivity index (χ4v) is 19.2. The number of carboxylic acid groups (broad SMARTS) is 2. The number of aryl methyl sites for hydroxylation is 2. The van der Waals surface area contributed by atoms with Crippen molar-refractivity contribution in [2.24, 2.45) is 47.3 Å². The second-order valence-corrected chi connectivity index (χ2v) is 33.4. The van der Waals surface area contributed by atoms with Crippen LogP contribution >= 0.6 is 23.2 Å². The Labute approximate surface area is 551 Å². The van der Waals surface area contributed by atoms with E-state index < -0.39 is 82.9 Å². The summed E-state index contributed by atoms with van der Waals surface area (Å²) in [5.74, 6) is -1.41. The lowest BCUT2D eigenvalue weighted by Crippen LogP contribution is -2.55. The number of nitrogens with zero attached hydrogens (tertiary/aromatic N) is 2. The van der Waals surface area contributed by atoms with Gasteiger partial charge in [0.05, 0.1) is 62.6 Å². The van der Waals surface area contributed by atoms with E-state index in [4.69, 9.17) is 32.7 Å². The molecule has 1 unspecified atom stereocenters. The molecule has 21 heteroatoms. The van der Waals surface area contributed by atoms with Crippen molar-refractivity contribution >= 4 is 83.9 Å². The minimum absolute atomic E-state index is 0.00745. The van der Waals surface area contributed by atoms with Crippen LogP contribution in [0, 0.1) is 47.3 Å². The molecule has 4 aliphatic carbocycles. The van der Waals surface area contributed by atoms with E-state index in [0.717, 1.165) is 57.1 Å². The molecule has 4 heterocycles. The third-order valence-corrected chi connectivity index (χ3v) is 27.2. The van der Waals surface area contributed by atoms with Gasteiger partial charge in [-0.15, -0.1) is 0 Å². The maximum absolute atomic E-state index is 13.8. The van der Waals surface area contributed by atoms with Crippen LogP contribution in [0.4, 0.5) is 11.4 Å². The number of allylic oxidation sites excluding steroid dienone is 2. The van der Waals surface area contributed by atoms with Gasteiger partial charge in [-0.1, -0.05) is 73.5 Å². The van der Waals surface area contributed by atoms with Crippen LogP contribution in [-0.2, 0) is 53.0 Å². The Hall–Kier alpha value is -6.09. The summed E-state index contributed by atoms with van der Waals surface area (Å²) in [7, 11) is -7.10. The number of carbonyl (C=O) groups is 4. The number of fused-ring (bicyclic) bond motifs is 8. The number of aliphatic carboxylic acids is 2. The number of nitrogens with one attached hydrogen (secondary N) is 2. The minimum atomic E-state index is -4.05. The second-order valence-electron chi connectivity index (χ2n) is 28.1. The van der Waals surface area contributed by atoms with Crippen molar-refractivity contribution in [1.29, 1.82) is 0 Å². The molecule has 2 saturated carbocycles. The number of anilines is 2. The van der Waals surface area contributed by atoms with E-state index in [-0.39, 0.29) is 52.4 Å². The van der Waals surface area contributed by atoms with Crippen LogP contribution in [0.25, 0.3) is 0 Å². The summed E-state index contributed by atoms with van der Waals surface area (Å²) in [6.45, 7) is 13.3. The molecule has 0 aromatic heterocycles. The zero-order valence-electron chi connectivity index (χ0n) is 53.4. The summed E-state index contributed by atoms with van der Waals surface area (Å²) in [6.07, 6.45) is 16.1. The Balaban J connectivity index is 0.000000188. The fourth-order valence-electron chi connectivity index (χ4n) is 16.0. The van der Waals surface area contributed by atoms with Gasteiger partial charge in [-0.2, -0.15) is 0 Å². The Kier molecular flexibility index (Phi) is 19.0. The number of carbonyl (C=O) groups excluding carboxylic acids is 2. The molecule has 2 fully saturated rings. The van der Waals surface area contributed by atoms with E-state index in [2.05, 4.69) is 37.2 Å². The molecule has 15 atom stereocenters. The number of carboxylic acids is 2. The van der Waals surface area contributed by atoms with Gasteiger partial charge in [-0.3, -0.25) is 23.9 Å². The van der Waals surface area contributed by atoms with Gasteiger partial charge < -0.3 is 39.7 Å². The first-order valence-electron chi connectivity index (χ1n) is 32.6. The molecule has 4 aromatic carbocycles. The van der Waals surface area contributed by atoms with E-state index in [9.17, 15) is 52.2 Å². The number of ether oxygens (including phenoxy) is 2. The number of hydrogen-bond donors (Lipinski definition) is 6. The van der Waals surface area contributed by atoms with Crippen LogP contribution in [0.2, 0.25) is 10.0 Å². The van der Waals surface area contributed by atoms with Gasteiger partial charge >= 0.3 is 11.9 Å². The van der Waals surface area contributed by atoms with E-state index in [1.807, 2.05) is 49.4 Å². The molecule has 496 valence electrons. The Bertz CT molecular complexity index is 3600. The van der Waals surface area contributed by atoms with Crippen LogP contribution in [0.15, 0.2) is 97.1 Å². The van der Waals surface area contributed by atoms with Crippen molar-refractivity contribution in [3.63, 3.8) is 0 Å². The number of aliphatic hydroxyl groups is 2. The highest BCUT2D eigenvalue weighted by atomic mass is 35.5. The molecule has 2 amide bonds. The molecule has 4 aromatic rings. The lowest BCUT2D eigenvalue weighted by molar-refractivity contribution is -0.157. The van der Waals surface area contributed by atoms with Gasteiger partial charge in [0.15, 0.2) is 0 Å². The topological polar surface area (TPSA) is 249 Å². The first-order chi connectivity index (χ1) is 43.5. The quantitative estimate of drug-likeness (QED) is 0.0821. The van der Waals surface area contributed by atoms with Gasteiger partial charge in [0.2, 0.25) is 10.0 Å². The molecule has 0 radical (unpaired) electrons. The third-order valence-electron chi connectivity index (χ3n) is 22.6. The summed E-state index contributed by atoms with van der Waals surface area (Å²) in [6, 6.07) is 22.5. The molecule has 2 spiro atoms.